The van der Waals surface area contributed by atoms with Gasteiger partial charge in [0, 0.05) is 19.0 Å². The lowest BCUT2D eigenvalue weighted by atomic mass is 9.95. The summed E-state index contributed by atoms with van der Waals surface area (Å²) in [6.45, 7) is 3.03. The highest BCUT2D eigenvalue weighted by molar-refractivity contribution is 5.91. The molecule has 140 valence electrons. The molecular weight excluding hydrogens is 344 g/mol. The smallest absolute Gasteiger partial charge is 0.289 e. The van der Waals surface area contributed by atoms with Gasteiger partial charge in [-0.2, -0.15) is 0 Å². The quantitative estimate of drug-likeness (QED) is 0.743. The van der Waals surface area contributed by atoms with Crippen molar-refractivity contribution in [3.63, 3.8) is 0 Å². The van der Waals surface area contributed by atoms with Crippen molar-refractivity contribution in [1.29, 1.82) is 0 Å². The topological polar surface area (TPSA) is 91.2 Å². The zero-order valence-electron chi connectivity index (χ0n) is 15.1. The highest BCUT2D eigenvalue weighted by Crippen LogP contribution is 2.21. The van der Waals surface area contributed by atoms with E-state index in [4.69, 9.17) is 4.42 Å². The molecular formula is C20H22N4O3. The minimum Gasteiger partial charge on any atom is -0.459 e. The number of para-hydroxylation sites is 2. The largest absolute Gasteiger partial charge is 0.459 e. The first kappa shape index (κ1) is 17.3. The number of amides is 2. The number of nitrogens with one attached hydrogen (secondary N) is 2. The number of carbonyl (C=O) groups is 2. The van der Waals surface area contributed by atoms with Gasteiger partial charge in [-0.05, 0) is 44.0 Å². The molecule has 0 spiro atoms. The highest BCUT2D eigenvalue weighted by Gasteiger charge is 2.29. The first-order valence-electron chi connectivity index (χ1n) is 9.19. The number of piperidine rings is 1. The molecule has 0 radical (unpaired) electrons. The van der Waals surface area contributed by atoms with Crippen LogP contribution in [0.4, 0.5) is 0 Å². The Balaban J connectivity index is 1.33. The molecule has 1 atom stereocenters. The zero-order valence-corrected chi connectivity index (χ0v) is 15.1. The van der Waals surface area contributed by atoms with E-state index in [0.717, 1.165) is 16.9 Å². The number of hydrogen-bond acceptors (Lipinski definition) is 4. The van der Waals surface area contributed by atoms with E-state index in [-0.39, 0.29) is 23.8 Å². The number of rotatable bonds is 4. The molecule has 1 fully saturated rings. The maximum absolute atomic E-state index is 12.6. The molecule has 1 saturated heterocycles. The summed E-state index contributed by atoms with van der Waals surface area (Å²) in [5, 5.41) is 3.04. The zero-order chi connectivity index (χ0) is 18.8. The van der Waals surface area contributed by atoms with E-state index in [1.807, 2.05) is 31.2 Å². The van der Waals surface area contributed by atoms with Crippen LogP contribution < -0.4 is 5.32 Å². The minimum absolute atomic E-state index is 0.00746. The van der Waals surface area contributed by atoms with Crippen LogP contribution in [0, 0.1) is 5.92 Å². The molecule has 7 nitrogen and oxygen atoms in total. The van der Waals surface area contributed by atoms with Crippen LogP contribution in [0.15, 0.2) is 47.1 Å². The van der Waals surface area contributed by atoms with Crippen molar-refractivity contribution in [3.8, 4) is 0 Å². The summed E-state index contributed by atoms with van der Waals surface area (Å²) in [6.07, 6.45) is 2.78. The molecule has 2 amide bonds. The molecule has 1 aromatic carbocycles. The number of aromatic amines is 1. The van der Waals surface area contributed by atoms with Crippen LogP contribution in [0.2, 0.25) is 0 Å². The van der Waals surface area contributed by atoms with Gasteiger partial charge in [0.15, 0.2) is 5.76 Å². The Morgan fingerprint density at radius 1 is 1.22 bits per heavy atom. The van der Waals surface area contributed by atoms with E-state index >= 15 is 0 Å². The molecule has 2 aromatic heterocycles. The minimum atomic E-state index is -0.201. The molecule has 1 aliphatic rings. The van der Waals surface area contributed by atoms with Crippen LogP contribution in [0.25, 0.3) is 11.0 Å². The second-order valence-electron chi connectivity index (χ2n) is 6.91. The van der Waals surface area contributed by atoms with Crippen LogP contribution in [0.1, 0.15) is 42.2 Å². The Labute approximate surface area is 156 Å². The summed E-state index contributed by atoms with van der Waals surface area (Å²) in [5.74, 6) is 0.881. The summed E-state index contributed by atoms with van der Waals surface area (Å²) in [4.78, 5) is 34.5. The van der Waals surface area contributed by atoms with E-state index in [2.05, 4.69) is 15.3 Å². The Kier molecular flexibility index (Phi) is 4.66. The van der Waals surface area contributed by atoms with Crippen molar-refractivity contribution in [2.75, 3.05) is 13.1 Å². The van der Waals surface area contributed by atoms with Crippen LogP contribution >= 0.6 is 0 Å². The second-order valence-corrected chi connectivity index (χ2v) is 6.91. The number of likely N-dealkylation sites (tertiary alicyclic amines) is 1. The lowest BCUT2D eigenvalue weighted by molar-refractivity contribution is -0.127. The molecule has 27 heavy (non-hydrogen) atoms. The number of carbonyl (C=O) groups excluding carboxylic acids is 2. The van der Waals surface area contributed by atoms with E-state index < -0.39 is 0 Å². The van der Waals surface area contributed by atoms with Gasteiger partial charge in [-0.1, -0.05) is 12.1 Å². The number of furan rings is 1. The van der Waals surface area contributed by atoms with Crippen molar-refractivity contribution >= 4 is 22.8 Å². The Morgan fingerprint density at radius 2 is 2.00 bits per heavy atom. The lowest BCUT2D eigenvalue weighted by Gasteiger charge is -2.31. The molecule has 3 heterocycles. The lowest BCUT2D eigenvalue weighted by Crippen LogP contribution is -2.43. The Bertz CT molecular complexity index is 906. The van der Waals surface area contributed by atoms with Gasteiger partial charge in [0.05, 0.1) is 23.3 Å². The molecule has 4 rings (SSSR count). The average molecular weight is 366 g/mol. The molecule has 1 aliphatic heterocycles. The molecule has 0 unspecified atom stereocenters. The highest BCUT2D eigenvalue weighted by atomic mass is 16.3. The SMILES string of the molecule is C[C@H](NC(=O)C1CCN(C(=O)c2ccco2)CC1)c1nc2ccccc2[nH]1. The Hall–Kier alpha value is -3.09. The number of H-pyrrole nitrogens is 1. The normalized spacial score (nSPS) is 16.4. The standard InChI is InChI=1S/C20H22N4O3/c1-13(18-22-15-5-2-3-6-16(15)23-18)21-19(25)14-8-10-24(11-9-14)20(26)17-7-4-12-27-17/h2-7,12-14H,8-11H2,1H3,(H,21,25)(H,22,23)/t13-/m0/s1. The van der Waals surface area contributed by atoms with E-state index in [1.54, 1.807) is 17.0 Å². The van der Waals surface area contributed by atoms with Gasteiger partial charge in [-0.3, -0.25) is 9.59 Å². The predicted octanol–water partition coefficient (Wildman–Crippen LogP) is 2.89. The first-order valence-corrected chi connectivity index (χ1v) is 9.19. The van der Waals surface area contributed by atoms with Crippen LogP contribution in [-0.2, 0) is 4.79 Å². The molecule has 0 aliphatic carbocycles. The van der Waals surface area contributed by atoms with Crippen molar-refractivity contribution in [3.05, 3.63) is 54.2 Å². The summed E-state index contributed by atoms with van der Waals surface area (Å²) in [7, 11) is 0. The molecule has 3 aromatic rings. The second kappa shape index (κ2) is 7.26. The third kappa shape index (κ3) is 3.58. The number of hydrogen-bond donors (Lipinski definition) is 2. The number of aromatic nitrogens is 2. The molecule has 7 heteroatoms. The van der Waals surface area contributed by atoms with Crippen molar-refractivity contribution in [2.45, 2.75) is 25.8 Å². The van der Waals surface area contributed by atoms with Gasteiger partial charge in [-0.15, -0.1) is 0 Å². The summed E-state index contributed by atoms with van der Waals surface area (Å²) in [6, 6.07) is 11.0. The molecule has 2 N–H and O–H groups in total. The van der Waals surface area contributed by atoms with Crippen LogP contribution in [0.5, 0.6) is 0 Å². The monoisotopic (exact) mass is 366 g/mol. The van der Waals surface area contributed by atoms with Crippen molar-refractivity contribution < 1.29 is 14.0 Å². The average Bonchev–Trinajstić information content (AvgIpc) is 3.37. The molecule has 0 saturated carbocycles. The van der Waals surface area contributed by atoms with Gasteiger partial charge in [0.25, 0.3) is 5.91 Å². The summed E-state index contributed by atoms with van der Waals surface area (Å²) in [5.41, 5.74) is 1.84. The maximum atomic E-state index is 12.6. The third-order valence-corrected chi connectivity index (χ3v) is 5.06. The van der Waals surface area contributed by atoms with Crippen LogP contribution in [0.3, 0.4) is 0 Å². The summed E-state index contributed by atoms with van der Waals surface area (Å²) < 4.78 is 5.17. The molecule has 0 bridgehead atoms. The predicted molar refractivity (Wildman–Crippen MR) is 100.0 cm³/mol. The number of fused-ring (bicyclic) bond motifs is 1. The van der Waals surface area contributed by atoms with E-state index in [1.165, 1.54) is 6.26 Å². The fraction of sp³-hybridized carbons (Fsp3) is 0.350. The number of imidazole rings is 1. The third-order valence-electron chi connectivity index (χ3n) is 5.06. The van der Waals surface area contributed by atoms with Crippen molar-refractivity contribution in [1.82, 2.24) is 20.2 Å². The fourth-order valence-electron chi connectivity index (χ4n) is 3.48. The van der Waals surface area contributed by atoms with Gasteiger partial charge < -0.3 is 19.6 Å². The fourth-order valence-corrected chi connectivity index (χ4v) is 3.48. The Morgan fingerprint density at radius 3 is 2.70 bits per heavy atom. The van der Waals surface area contributed by atoms with Crippen molar-refractivity contribution in [2.24, 2.45) is 5.92 Å². The van der Waals surface area contributed by atoms with E-state index in [0.29, 0.717) is 31.7 Å². The van der Waals surface area contributed by atoms with Gasteiger partial charge in [0.1, 0.15) is 5.82 Å². The number of nitrogens with zero attached hydrogens (tertiary/aromatic N) is 2. The van der Waals surface area contributed by atoms with E-state index in [9.17, 15) is 9.59 Å². The van der Waals surface area contributed by atoms with Gasteiger partial charge in [0.2, 0.25) is 5.91 Å². The van der Waals surface area contributed by atoms with Gasteiger partial charge in [-0.25, -0.2) is 4.98 Å². The van der Waals surface area contributed by atoms with Crippen LogP contribution in [-0.4, -0.2) is 39.8 Å². The van der Waals surface area contributed by atoms with Gasteiger partial charge >= 0.3 is 0 Å². The first-order chi connectivity index (χ1) is 13.1. The summed E-state index contributed by atoms with van der Waals surface area (Å²) >= 11 is 0. The maximum Gasteiger partial charge on any atom is 0.289 e. The number of benzene rings is 1.